The van der Waals surface area contributed by atoms with Crippen molar-refractivity contribution < 1.29 is 17.6 Å². The topological polar surface area (TPSA) is 124 Å². The second-order valence-electron chi connectivity index (χ2n) is 6.78. The fraction of sp³-hybridized carbons (Fsp3) is 0.0476. The molecule has 0 saturated carbocycles. The van der Waals surface area contributed by atoms with Crippen LogP contribution in [0.3, 0.4) is 0 Å². The SMILES string of the molecule is O=C(NCc1ccc(F)cc1)c1ccc(NS(=O)(=O)c2ccc3[nH]c(=O)[nH]c3c2)cc1. The third-order valence-electron chi connectivity index (χ3n) is 4.56. The normalized spacial score (nSPS) is 11.4. The zero-order chi connectivity index (χ0) is 22.0. The molecule has 0 unspecified atom stereocenters. The van der Waals surface area contributed by atoms with Gasteiger partial charge in [0.15, 0.2) is 0 Å². The molecule has 0 saturated heterocycles. The van der Waals surface area contributed by atoms with Gasteiger partial charge >= 0.3 is 5.69 Å². The quantitative estimate of drug-likeness (QED) is 0.368. The van der Waals surface area contributed by atoms with Gasteiger partial charge in [-0.1, -0.05) is 12.1 Å². The molecule has 4 N–H and O–H groups in total. The zero-order valence-electron chi connectivity index (χ0n) is 16.0. The Kier molecular flexibility index (Phi) is 5.30. The molecule has 1 aromatic heterocycles. The van der Waals surface area contributed by atoms with Crippen LogP contribution in [0.4, 0.5) is 10.1 Å². The highest BCUT2D eigenvalue weighted by Gasteiger charge is 2.16. The first-order valence-corrected chi connectivity index (χ1v) is 10.7. The highest BCUT2D eigenvalue weighted by molar-refractivity contribution is 7.92. The number of aromatic nitrogens is 2. The molecule has 4 aromatic rings. The van der Waals surface area contributed by atoms with Gasteiger partial charge in [-0.05, 0) is 60.2 Å². The third-order valence-corrected chi connectivity index (χ3v) is 5.94. The number of carbonyl (C=O) groups is 1. The number of rotatable bonds is 6. The van der Waals surface area contributed by atoms with E-state index in [0.717, 1.165) is 5.56 Å². The molecule has 0 spiro atoms. The summed E-state index contributed by atoms with van der Waals surface area (Å²) in [6.07, 6.45) is 0. The van der Waals surface area contributed by atoms with Crippen LogP contribution in [0.1, 0.15) is 15.9 Å². The fourth-order valence-corrected chi connectivity index (χ4v) is 4.05. The molecular weight excluding hydrogens is 423 g/mol. The van der Waals surface area contributed by atoms with Crippen LogP contribution in [0.2, 0.25) is 0 Å². The van der Waals surface area contributed by atoms with Crippen molar-refractivity contribution in [2.75, 3.05) is 4.72 Å². The van der Waals surface area contributed by atoms with Gasteiger partial charge < -0.3 is 15.3 Å². The van der Waals surface area contributed by atoms with Gasteiger partial charge in [-0.3, -0.25) is 9.52 Å². The molecule has 3 aromatic carbocycles. The molecule has 0 fully saturated rings. The Morgan fingerprint density at radius 3 is 2.29 bits per heavy atom. The summed E-state index contributed by atoms with van der Waals surface area (Å²) in [4.78, 5) is 28.7. The molecule has 10 heteroatoms. The number of aromatic amines is 2. The first-order chi connectivity index (χ1) is 14.8. The third kappa shape index (κ3) is 4.64. The van der Waals surface area contributed by atoms with E-state index in [9.17, 15) is 22.4 Å². The van der Waals surface area contributed by atoms with Gasteiger partial charge in [0, 0.05) is 17.8 Å². The number of nitrogens with one attached hydrogen (secondary N) is 4. The summed E-state index contributed by atoms with van der Waals surface area (Å²) in [7, 11) is -3.90. The van der Waals surface area contributed by atoms with Crippen LogP contribution in [0, 0.1) is 5.82 Å². The standard InChI is InChI=1S/C21H17FN4O4S/c22-15-5-1-13(2-6-15)12-23-20(27)14-3-7-16(8-4-14)26-31(29,30)17-9-10-18-19(11-17)25-21(28)24-18/h1-11,26H,12H2,(H,23,27)(H2,24,25,28). The van der Waals surface area contributed by atoms with Crippen LogP contribution in [-0.4, -0.2) is 24.3 Å². The minimum Gasteiger partial charge on any atom is -0.348 e. The predicted octanol–water partition coefficient (Wildman–Crippen LogP) is 2.73. The van der Waals surface area contributed by atoms with Crippen molar-refractivity contribution in [1.29, 1.82) is 0 Å². The highest BCUT2D eigenvalue weighted by Crippen LogP contribution is 2.19. The van der Waals surface area contributed by atoms with E-state index in [1.54, 1.807) is 12.1 Å². The number of carbonyl (C=O) groups excluding carboxylic acids is 1. The van der Waals surface area contributed by atoms with Crippen LogP contribution in [0.15, 0.2) is 76.4 Å². The number of sulfonamides is 1. The van der Waals surface area contributed by atoms with E-state index in [2.05, 4.69) is 20.0 Å². The molecule has 0 aliphatic rings. The Morgan fingerprint density at radius 1 is 0.903 bits per heavy atom. The maximum Gasteiger partial charge on any atom is 0.323 e. The molecule has 31 heavy (non-hydrogen) atoms. The number of benzene rings is 3. The van der Waals surface area contributed by atoms with E-state index in [0.29, 0.717) is 16.6 Å². The van der Waals surface area contributed by atoms with Gasteiger partial charge in [-0.2, -0.15) is 0 Å². The summed E-state index contributed by atoms with van der Waals surface area (Å²) in [6.45, 7) is 0.233. The largest absolute Gasteiger partial charge is 0.348 e. The van der Waals surface area contributed by atoms with Crippen molar-refractivity contribution in [3.63, 3.8) is 0 Å². The number of fused-ring (bicyclic) bond motifs is 1. The van der Waals surface area contributed by atoms with Crippen molar-refractivity contribution in [2.24, 2.45) is 0 Å². The van der Waals surface area contributed by atoms with Gasteiger partial charge in [0.2, 0.25) is 0 Å². The Labute approximate surface area is 176 Å². The van der Waals surface area contributed by atoms with E-state index in [1.165, 1.54) is 54.6 Å². The molecule has 0 aliphatic heterocycles. The smallest absolute Gasteiger partial charge is 0.323 e. The number of H-pyrrole nitrogens is 2. The molecule has 4 rings (SSSR count). The number of imidazole rings is 1. The predicted molar refractivity (Wildman–Crippen MR) is 114 cm³/mol. The van der Waals surface area contributed by atoms with Crippen LogP contribution in [0.25, 0.3) is 11.0 Å². The fourth-order valence-electron chi connectivity index (χ4n) is 2.97. The summed E-state index contributed by atoms with van der Waals surface area (Å²) in [5.41, 5.74) is 1.82. The number of hydrogen-bond acceptors (Lipinski definition) is 4. The number of anilines is 1. The highest BCUT2D eigenvalue weighted by atomic mass is 32.2. The molecule has 158 valence electrons. The monoisotopic (exact) mass is 440 g/mol. The van der Waals surface area contributed by atoms with E-state index >= 15 is 0 Å². The van der Waals surface area contributed by atoms with Gasteiger partial charge in [0.25, 0.3) is 15.9 Å². The molecule has 1 amide bonds. The van der Waals surface area contributed by atoms with E-state index in [1.807, 2.05) is 0 Å². The Bertz CT molecular complexity index is 1410. The van der Waals surface area contributed by atoms with Gasteiger partial charge in [-0.25, -0.2) is 17.6 Å². The summed E-state index contributed by atoms with van der Waals surface area (Å²) in [5.74, 6) is -0.699. The van der Waals surface area contributed by atoms with Crippen LogP contribution >= 0.6 is 0 Å². The molecule has 0 aliphatic carbocycles. The molecule has 0 bridgehead atoms. The molecule has 0 radical (unpaired) electrons. The molecule has 1 heterocycles. The van der Waals surface area contributed by atoms with Crippen LogP contribution < -0.4 is 15.7 Å². The first-order valence-electron chi connectivity index (χ1n) is 9.18. The summed E-state index contributed by atoms with van der Waals surface area (Å²) < 4.78 is 40.6. The lowest BCUT2D eigenvalue weighted by molar-refractivity contribution is 0.0951. The number of hydrogen-bond donors (Lipinski definition) is 4. The molecule has 0 atom stereocenters. The lowest BCUT2D eigenvalue weighted by Gasteiger charge is -2.09. The average molecular weight is 440 g/mol. The van der Waals surface area contributed by atoms with Crippen molar-refractivity contribution >= 4 is 32.7 Å². The van der Waals surface area contributed by atoms with Gasteiger partial charge in [-0.15, -0.1) is 0 Å². The maximum atomic E-state index is 12.9. The van der Waals surface area contributed by atoms with Gasteiger partial charge in [0.05, 0.1) is 15.9 Å². The van der Waals surface area contributed by atoms with E-state index in [4.69, 9.17) is 0 Å². The summed E-state index contributed by atoms with van der Waals surface area (Å²) in [5, 5.41) is 2.72. The zero-order valence-corrected chi connectivity index (χ0v) is 16.8. The average Bonchev–Trinajstić information content (AvgIpc) is 3.12. The van der Waals surface area contributed by atoms with Crippen molar-refractivity contribution in [2.45, 2.75) is 11.4 Å². The first kappa shape index (κ1) is 20.4. The summed E-state index contributed by atoms with van der Waals surface area (Å²) in [6, 6.07) is 15.9. The van der Waals surface area contributed by atoms with Crippen LogP contribution in [0.5, 0.6) is 0 Å². The van der Waals surface area contributed by atoms with E-state index in [-0.39, 0.29) is 28.9 Å². The number of halogens is 1. The Hall–Kier alpha value is -3.92. The second kappa shape index (κ2) is 8.07. The molecular formula is C21H17FN4O4S. The lowest BCUT2D eigenvalue weighted by Crippen LogP contribution is -2.22. The van der Waals surface area contributed by atoms with Crippen molar-refractivity contribution in [1.82, 2.24) is 15.3 Å². The maximum absolute atomic E-state index is 12.9. The second-order valence-corrected chi connectivity index (χ2v) is 8.46. The summed E-state index contributed by atoms with van der Waals surface area (Å²) >= 11 is 0. The van der Waals surface area contributed by atoms with Crippen molar-refractivity contribution in [3.05, 3.63) is 94.2 Å². The van der Waals surface area contributed by atoms with Crippen LogP contribution in [-0.2, 0) is 16.6 Å². The van der Waals surface area contributed by atoms with Gasteiger partial charge in [0.1, 0.15) is 5.82 Å². The minimum absolute atomic E-state index is 0.0173. The van der Waals surface area contributed by atoms with Crippen molar-refractivity contribution in [3.8, 4) is 0 Å². The Balaban J connectivity index is 1.43. The van der Waals surface area contributed by atoms with E-state index < -0.39 is 15.7 Å². The number of amides is 1. The minimum atomic E-state index is -3.90. The molecule has 8 nitrogen and oxygen atoms in total. The Morgan fingerprint density at radius 2 is 1.58 bits per heavy atom. The lowest BCUT2D eigenvalue weighted by atomic mass is 10.2.